The summed E-state index contributed by atoms with van der Waals surface area (Å²) in [7, 11) is 1.67. The van der Waals surface area contributed by atoms with Crippen LogP contribution in [0.2, 0.25) is 0 Å². The molecule has 0 fully saturated rings. The quantitative estimate of drug-likeness (QED) is 0.631. The van der Waals surface area contributed by atoms with Crippen LogP contribution in [0.1, 0.15) is 59.9 Å². The molecule has 6 heteroatoms. The van der Waals surface area contributed by atoms with Crippen molar-refractivity contribution in [2.24, 2.45) is 5.92 Å². The molecule has 0 bridgehead atoms. The second-order valence-corrected chi connectivity index (χ2v) is 9.16. The monoisotopic (exact) mass is 431 g/mol. The number of carbonyl (C=O) groups excluding carboxylic acids is 2. The van der Waals surface area contributed by atoms with Gasteiger partial charge in [0.1, 0.15) is 11.8 Å². The minimum Gasteiger partial charge on any atom is -0.497 e. The molecule has 2 atom stereocenters. The van der Waals surface area contributed by atoms with E-state index in [2.05, 4.69) is 16.4 Å². The van der Waals surface area contributed by atoms with Gasteiger partial charge >= 0.3 is 0 Å². The summed E-state index contributed by atoms with van der Waals surface area (Å²) in [6, 6.07) is 13.1. The van der Waals surface area contributed by atoms with Gasteiger partial charge in [0.05, 0.1) is 13.2 Å². The highest BCUT2D eigenvalue weighted by atomic mass is 16.5. The highest BCUT2D eigenvalue weighted by molar-refractivity contribution is 6.01. The van der Waals surface area contributed by atoms with Gasteiger partial charge in [-0.2, -0.15) is 0 Å². The van der Waals surface area contributed by atoms with Gasteiger partial charge in [0, 0.05) is 28.7 Å². The molecule has 0 saturated carbocycles. The Kier molecular flexibility index (Phi) is 5.16. The van der Waals surface area contributed by atoms with E-state index in [9.17, 15) is 9.59 Å². The fourth-order valence-electron chi connectivity index (χ4n) is 5.28. The van der Waals surface area contributed by atoms with Crippen LogP contribution in [0.5, 0.6) is 5.75 Å². The summed E-state index contributed by atoms with van der Waals surface area (Å²) in [5.41, 5.74) is 5.08. The van der Waals surface area contributed by atoms with E-state index in [1.54, 1.807) is 12.0 Å². The molecule has 0 saturated heterocycles. The normalized spacial score (nSPS) is 18.6. The molecule has 6 nitrogen and oxygen atoms in total. The average molecular weight is 432 g/mol. The number of hydrogen-bond donors (Lipinski definition) is 2. The summed E-state index contributed by atoms with van der Waals surface area (Å²) < 4.78 is 5.40. The van der Waals surface area contributed by atoms with E-state index >= 15 is 0 Å². The Morgan fingerprint density at radius 3 is 2.78 bits per heavy atom. The number of aromatic nitrogens is 1. The second-order valence-electron chi connectivity index (χ2n) is 9.16. The second kappa shape index (κ2) is 8.01. The van der Waals surface area contributed by atoms with Crippen molar-refractivity contribution in [2.45, 2.75) is 51.7 Å². The Balaban J connectivity index is 1.42. The third kappa shape index (κ3) is 3.34. The SMILES string of the molecule is COc1ccc2[nH]c3c(c2c1)CCC[C@@H]3NC(=O)[C@H](C(C)C)N1Cc2ccccc2C1=O. The van der Waals surface area contributed by atoms with Crippen molar-refractivity contribution in [1.29, 1.82) is 0 Å². The molecule has 1 aliphatic carbocycles. The summed E-state index contributed by atoms with van der Waals surface area (Å²) in [4.78, 5) is 31.8. The Morgan fingerprint density at radius 2 is 2.03 bits per heavy atom. The fraction of sp³-hybridized carbons (Fsp3) is 0.385. The molecule has 1 aliphatic heterocycles. The minimum atomic E-state index is -0.509. The van der Waals surface area contributed by atoms with Crippen LogP contribution in [0.3, 0.4) is 0 Å². The number of hydrogen-bond acceptors (Lipinski definition) is 3. The average Bonchev–Trinajstić information content (AvgIpc) is 3.32. The lowest BCUT2D eigenvalue weighted by atomic mass is 9.91. The molecule has 0 spiro atoms. The van der Waals surface area contributed by atoms with Crippen molar-refractivity contribution >= 4 is 22.7 Å². The zero-order valence-corrected chi connectivity index (χ0v) is 18.8. The first kappa shape index (κ1) is 20.6. The maximum atomic E-state index is 13.5. The molecule has 2 amide bonds. The van der Waals surface area contributed by atoms with Crippen LogP contribution >= 0.6 is 0 Å². The van der Waals surface area contributed by atoms with Crippen LogP contribution in [0.15, 0.2) is 42.5 Å². The van der Waals surface area contributed by atoms with Crippen molar-refractivity contribution in [2.75, 3.05) is 7.11 Å². The Bertz CT molecular complexity index is 1200. The molecule has 1 aromatic heterocycles. The minimum absolute atomic E-state index is 0.00305. The molecule has 0 radical (unpaired) electrons. The molecule has 5 rings (SSSR count). The topological polar surface area (TPSA) is 74.4 Å². The highest BCUT2D eigenvalue weighted by Crippen LogP contribution is 2.36. The van der Waals surface area contributed by atoms with Gasteiger partial charge < -0.3 is 19.9 Å². The summed E-state index contributed by atoms with van der Waals surface area (Å²) in [5.74, 6) is 0.687. The molecular weight excluding hydrogens is 402 g/mol. The number of nitrogens with one attached hydrogen (secondary N) is 2. The van der Waals surface area contributed by atoms with E-state index in [4.69, 9.17) is 4.74 Å². The van der Waals surface area contributed by atoms with E-state index in [1.165, 1.54) is 5.56 Å². The Morgan fingerprint density at radius 1 is 1.22 bits per heavy atom. The van der Waals surface area contributed by atoms with Crippen LogP contribution < -0.4 is 10.1 Å². The maximum Gasteiger partial charge on any atom is 0.255 e. The standard InChI is InChI=1S/C26H29N3O3/c1-15(2)24(29-14-16-7-4-5-8-18(16)26(29)31)25(30)28-22-10-6-9-19-20-13-17(32-3)11-12-21(20)27-23(19)22/h4-5,7-8,11-13,15,22,24,27H,6,9-10,14H2,1-3H3,(H,28,30)/t22-,24-/m0/s1. The Hall–Kier alpha value is -3.28. The highest BCUT2D eigenvalue weighted by Gasteiger charge is 2.39. The first-order valence-electron chi connectivity index (χ1n) is 11.4. The van der Waals surface area contributed by atoms with Crippen LogP contribution in [-0.2, 0) is 17.8 Å². The number of benzene rings is 2. The lowest BCUT2D eigenvalue weighted by Gasteiger charge is -2.32. The van der Waals surface area contributed by atoms with Crippen LogP contribution in [0, 0.1) is 5.92 Å². The van der Waals surface area contributed by atoms with Gasteiger partial charge in [0.15, 0.2) is 0 Å². The van der Waals surface area contributed by atoms with E-state index in [1.807, 2.05) is 50.2 Å². The largest absolute Gasteiger partial charge is 0.497 e. The van der Waals surface area contributed by atoms with Crippen LogP contribution in [0.4, 0.5) is 0 Å². The van der Waals surface area contributed by atoms with Crippen LogP contribution in [-0.4, -0.2) is 34.8 Å². The fourth-order valence-corrected chi connectivity index (χ4v) is 5.28. The van der Waals surface area contributed by atoms with E-state index < -0.39 is 6.04 Å². The maximum absolute atomic E-state index is 13.5. The third-order valence-electron chi connectivity index (χ3n) is 6.82. The third-order valence-corrected chi connectivity index (χ3v) is 6.82. The first-order chi connectivity index (χ1) is 15.5. The van der Waals surface area contributed by atoms with Gasteiger partial charge in [0.25, 0.3) is 5.91 Å². The zero-order valence-electron chi connectivity index (χ0n) is 18.8. The lowest BCUT2D eigenvalue weighted by Crippen LogP contribution is -2.51. The summed E-state index contributed by atoms with van der Waals surface area (Å²) in [5, 5.41) is 4.43. The van der Waals surface area contributed by atoms with Crippen LogP contribution in [0.25, 0.3) is 10.9 Å². The zero-order chi connectivity index (χ0) is 22.4. The van der Waals surface area contributed by atoms with Crippen molar-refractivity contribution in [3.05, 3.63) is 64.8 Å². The van der Waals surface area contributed by atoms with Gasteiger partial charge in [-0.25, -0.2) is 0 Å². The number of aromatic amines is 1. The van der Waals surface area contributed by atoms with Gasteiger partial charge in [-0.05, 0) is 60.6 Å². The van der Waals surface area contributed by atoms with Crippen molar-refractivity contribution in [1.82, 2.24) is 15.2 Å². The number of aryl methyl sites for hydroxylation is 1. The number of ether oxygens (including phenoxy) is 1. The molecule has 2 aliphatic rings. The number of H-pyrrole nitrogens is 1. The molecule has 0 unspecified atom stereocenters. The van der Waals surface area contributed by atoms with Gasteiger partial charge in [-0.3, -0.25) is 9.59 Å². The predicted molar refractivity (Wildman–Crippen MR) is 124 cm³/mol. The number of fused-ring (bicyclic) bond motifs is 4. The number of rotatable bonds is 5. The van der Waals surface area contributed by atoms with E-state index in [0.29, 0.717) is 12.1 Å². The lowest BCUT2D eigenvalue weighted by molar-refractivity contribution is -0.128. The first-order valence-corrected chi connectivity index (χ1v) is 11.4. The van der Waals surface area contributed by atoms with Crippen molar-refractivity contribution in [3.63, 3.8) is 0 Å². The number of carbonyl (C=O) groups is 2. The number of nitrogens with zero attached hydrogens (tertiary/aromatic N) is 1. The predicted octanol–water partition coefficient (Wildman–Crippen LogP) is 4.35. The van der Waals surface area contributed by atoms with E-state index in [0.717, 1.165) is 47.2 Å². The summed E-state index contributed by atoms with van der Waals surface area (Å²) in [6.07, 6.45) is 2.85. The van der Waals surface area contributed by atoms with Gasteiger partial charge in [0.2, 0.25) is 5.91 Å². The van der Waals surface area contributed by atoms with Crippen molar-refractivity contribution < 1.29 is 14.3 Å². The summed E-state index contributed by atoms with van der Waals surface area (Å²) in [6.45, 7) is 4.48. The van der Waals surface area contributed by atoms with E-state index in [-0.39, 0.29) is 23.8 Å². The van der Waals surface area contributed by atoms with Gasteiger partial charge in [-0.1, -0.05) is 32.0 Å². The molecule has 2 aromatic carbocycles. The molecule has 2 N–H and O–H groups in total. The Labute approximate surface area is 187 Å². The number of amides is 2. The smallest absolute Gasteiger partial charge is 0.255 e. The molecule has 32 heavy (non-hydrogen) atoms. The molecule has 166 valence electrons. The van der Waals surface area contributed by atoms with Crippen molar-refractivity contribution in [3.8, 4) is 5.75 Å². The van der Waals surface area contributed by atoms with Gasteiger partial charge in [-0.15, -0.1) is 0 Å². The molecule has 2 heterocycles. The molecular formula is C26H29N3O3. The number of methoxy groups -OCH3 is 1. The molecule has 3 aromatic rings. The summed E-state index contributed by atoms with van der Waals surface area (Å²) >= 11 is 0.